The second kappa shape index (κ2) is 8.16. The number of hydrogen-bond acceptors (Lipinski definition) is 4. The molecule has 1 amide bonds. The molecule has 0 radical (unpaired) electrons. The molecule has 1 heterocycles. The Labute approximate surface area is 153 Å². The highest BCUT2D eigenvalue weighted by atomic mass is 16.1. The van der Waals surface area contributed by atoms with Crippen molar-refractivity contribution in [2.45, 2.75) is 6.54 Å². The number of nitrogens with zero attached hydrogens (tertiary/aromatic N) is 2. The third-order valence-electron chi connectivity index (χ3n) is 3.91. The number of carbonyl (C=O) groups excluding carboxylic acids is 1. The fourth-order valence-corrected chi connectivity index (χ4v) is 2.51. The largest absolute Gasteiger partial charge is 0.378 e. The fraction of sp³-hybridized carbons (Fsp3) is 0.143. The van der Waals surface area contributed by atoms with Gasteiger partial charge in [-0.05, 0) is 35.9 Å². The van der Waals surface area contributed by atoms with Crippen LogP contribution in [-0.4, -0.2) is 25.0 Å². The zero-order chi connectivity index (χ0) is 18.4. The van der Waals surface area contributed by atoms with E-state index in [2.05, 4.69) is 15.6 Å². The van der Waals surface area contributed by atoms with Crippen molar-refractivity contribution in [2.75, 3.05) is 24.3 Å². The summed E-state index contributed by atoms with van der Waals surface area (Å²) in [5.74, 6) is 0.438. The van der Waals surface area contributed by atoms with Crippen LogP contribution in [-0.2, 0) is 6.54 Å². The topological polar surface area (TPSA) is 57.3 Å². The lowest BCUT2D eigenvalue weighted by Gasteiger charge is -2.14. The van der Waals surface area contributed by atoms with E-state index in [1.807, 2.05) is 85.7 Å². The standard InChI is InChI=1S/C21H22N4O/c1-25(2)18-11-6-10-17(14-18)23-20-13-7-12-19(24-20)21(26)22-15-16-8-4-3-5-9-16/h3-14H,15H2,1-2H3,(H,22,26)(H,23,24). The molecule has 0 aliphatic rings. The second-order valence-corrected chi connectivity index (χ2v) is 6.15. The third kappa shape index (κ3) is 4.60. The molecular weight excluding hydrogens is 324 g/mol. The van der Waals surface area contributed by atoms with E-state index >= 15 is 0 Å². The van der Waals surface area contributed by atoms with E-state index in [1.165, 1.54) is 0 Å². The summed E-state index contributed by atoms with van der Waals surface area (Å²) in [6.07, 6.45) is 0. The van der Waals surface area contributed by atoms with Gasteiger partial charge in [-0.15, -0.1) is 0 Å². The zero-order valence-electron chi connectivity index (χ0n) is 14.9. The molecule has 5 nitrogen and oxygen atoms in total. The first-order chi connectivity index (χ1) is 12.6. The summed E-state index contributed by atoms with van der Waals surface area (Å²) in [7, 11) is 3.99. The van der Waals surface area contributed by atoms with Gasteiger partial charge in [0.2, 0.25) is 0 Å². The van der Waals surface area contributed by atoms with Gasteiger partial charge in [-0.1, -0.05) is 42.5 Å². The molecule has 0 aliphatic heterocycles. The number of carbonyl (C=O) groups is 1. The van der Waals surface area contributed by atoms with Crippen LogP contribution in [0.15, 0.2) is 72.8 Å². The van der Waals surface area contributed by atoms with Crippen LogP contribution >= 0.6 is 0 Å². The van der Waals surface area contributed by atoms with E-state index in [0.717, 1.165) is 16.9 Å². The van der Waals surface area contributed by atoms with Gasteiger partial charge < -0.3 is 15.5 Å². The average Bonchev–Trinajstić information content (AvgIpc) is 2.67. The van der Waals surface area contributed by atoms with Crippen LogP contribution in [0.3, 0.4) is 0 Å². The summed E-state index contributed by atoms with van der Waals surface area (Å²) in [5.41, 5.74) is 3.45. The van der Waals surface area contributed by atoms with Gasteiger partial charge in [0.15, 0.2) is 0 Å². The van der Waals surface area contributed by atoms with Crippen LogP contribution in [0.25, 0.3) is 0 Å². The molecule has 2 N–H and O–H groups in total. The zero-order valence-corrected chi connectivity index (χ0v) is 14.9. The molecule has 5 heteroatoms. The van der Waals surface area contributed by atoms with Crippen molar-refractivity contribution in [3.8, 4) is 0 Å². The van der Waals surface area contributed by atoms with Crippen LogP contribution in [0, 0.1) is 0 Å². The van der Waals surface area contributed by atoms with Crippen molar-refractivity contribution in [1.82, 2.24) is 10.3 Å². The first-order valence-corrected chi connectivity index (χ1v) is 8.45. The van der Waals surface area contributed by atoms with E-state index in [9.17, 15) is 4.79 Å². The Morgan fingerprint density at radius 2 is 1.73 bits per heavy atom. The van der Waals surface area contributed by atoms with E-state index in [4.69, 9.17) is 0 Å². The minimum absolute atomic E-state index is 0.195. The van der Waals surface area contributed by atoms with Crippen molar-refractivity contribution in [1.29, 1.82) is 0 Å². The molecule has 132 valence electrons. The molecule has 26 heavy (non-hydrogen) atoms. The Balaban J connectivity index is 1.68. The maximum Gasteiger partial charge on any atom is 0.270 e. The molecule has 0 saturated heterocycles. The minimum atomic E-state index is -0.195. The number of amides is 1. The summed E-state index contributed by atoms with van der Waals surface area (Å²) in [6, 6.07) is 23.2. The maximum atomic E-state index is 12.4. The lowest BCUT2D eigenvalue weighted by Crippen LogP contribution is -2.23. The van der Waals surface area contributed by atoms with Crippen LogP contribution < -0.4 is 15.5 Å². The SMILES string of the molecule is CN(C)c1cccc(Nc2cccc(C(=O)NCc3ccccc3)n2)c1. The lowest BCUT2D eigenvalue weighted by atomic mass is 10.2. The highest BCUT2D eigenvalue weighted by Crippen LogP contribution is 2.20. The first-order valence-electron chi connectivity index (χ1n) is 8.45. The molecule has 3 aromatic rings. The maximum absolute atomic E-state index is 12.4. The molecule has 0 aliphatic carbocycles. The number of aromatic nitrogens is 1. The molecule has 0 bridgehead atoms. The average molecular weight is 346 g/mol. The number of pyridine rings is 1. The summed E-state index contributed by atoms with van der Waals surface area (Å²) >= 11 is 0. The highest BCUT2D eigenvalue weighted by molar-refractivity contribution is 5.92. The van der Waals surface area contributed by atoms with E-state index in [0.29, 0.717) is 18.1 Å². The Hall–Kier alpha value is -3.34. The Kier molecular flexibility index (Phi) is 5.49. The van der Waals surface area contributed by atoms with Gasteiger partial charge in [0, 0.05) is 32.0 Å². The van der Waals surface area contributed by atoms with Gasteiger partial charge in [-0.3, -0.25) is 4.79 Å². The molecule has 1 aromatic heterocycles. The molecule has 0 saturated carbocycles. The van der Waals surface area contributed by atoms with Crippen LogP contribution in [0.2, 0.25) is 0 Å². The summed E-state index contributed by atoms with van der Waals surface area (Å²) in [4.78, 5) is 18.8. The molecule has 0 fully saturated rings. The van der Waals surface area contributed by atoms with E-state index < -0.39 is 0 Å². The van der Waals surface area contributed by atoms with Gasteiger partial charge in [0.1, 0.15) is 11.5 Å². The molecular formula is C21H22N4O. The van der Waals surface area contributed by atoms with Crippen molar-refractivity contribution < 1.29 is 4.79 Å². The normalized spacial score (nSPS) is 10.2. The predicted octanol–water partition coefficient (Wildman–Crippen LogP) is 3.82. The van der Waals surface area contributed by atoms with Crippen molar-refractivity contribution >= 4 is 23.1 Å². The van der Waals surface area contributed by atoms with E-state index in [-0.39, 0.29) is 5.91 Å². The lowest BCUT2D eigenvalue weighted by molar-refractivity contribution is 0.0946. The quantitative estimate of drug-likeness (QED) is 0.712. The molecule has 0 atom stereocenters. The summed E-state index contributed by atoms with van der Waals surface area (Å²) in [6.45, 7) is 0.476. The van der Waals surface area contributed by atoms with E-state index in [1.54, 1.807) is 6.07 Å². The number of anilines is 3. The third-order valence-corrected chi connectivity index (χ3v) is 3.91. The summed E-state index contributed by atoms with van der Waals surface area (Å²) in [5, 5.41) is 6.14. The Morgan fingerprint density at radius 1 is 0.962 bits per heavy atom. The van der Waals surface area contributed by atoms with Crippen molar-refractivity contribution in [3.05, 3.63) is 84.1 Å². The molecule has 3 rings (SSSR count). The first kappa shape index (κ1) is 17.5. The number of nitrogens with one attached hydrogen (secondary N) is 2. The molecule has 0 spiro atoms. The number of hydrogen-bond donors (Lipinski definition) is 2. The Morgan fingerprint density at radius 3 is 2.50 bits per heavy atom. The smallest absolute Gasteiger partial charge is 0.270 e. The second-order valence-electron chi connectivity index (χ2n) is 6.15. The number of benzene rings is 2. The number of rotatable bonds is 6. The van der Waals surface area contributed by atoms with Crippen LogP contribution in [0.1, 0.15) is 16.1 Å². The van der Waals surface area contributed by atoms with Gasteiger partial charge in [-0.2, -0.15) is 0 Å². The minimum Gasteiger partial charge on any atom is -0.378 e. The monoisotopic (exact) mass is 346 g/mol. The predicted molar refractivity (Wildman–Crippen MR) is 106 cm³/mol. The van der Waals surface area contributed by atoms with Gasteiger partial charge >= 0.3 is 0 Å². The van der Waals surface area contributed by atoms with Crippen molar-refractivity contribution in [3.63, 3.8) is 0 Å². The van der Waals surface area contributed by atoms with Crippen molar-refractivity contribution in [2.24, 2.45) is 0 Å². The Bertz CT molecular complexity index is 878. The van der Waals surface area contributed by atoms with Gasteiger partial charge in [0.05, 0.1) is 0 Å². The fourth-order valence-electron chi connectivity index (χ4n) is 2.51. The van der Waals surface area contributed by atoms with Crippen LogP contribution in [0.5, 0.6) is 0 Å². The highest BCUT2D eigenvalue weighted by Gasteiger charge is 2.08. The van der Waals surface area contributed by atoms with Gasteiger partial charge in [-0.25, -0.2) is 4.98 Å². The summed E-state index contributed by atoms with van der Waals surface area (Å²) < 4.78 is 0. The molecule has 0 unspecified atom stereocenters. The molecule has 2 aromatic carbocycles. The van der Waals surface area contributed by atoms with Crippen LogP contribution in [0.4, 0.5) is 17.2 Å². The van der Waals surface area contributed by atoms with Gasteiger partial charge in [0.25, 0.3) is 5.91 Å².